The van der Waals surface area contributed by atoms with Crippen molar-refractivity contribution >= 4 is 0 Å². The average Bonchev–Trinajstić information content (AvgIpc) is 2.31. The van der Waals surface area contributed by atoms with Crippen molar-refractivity contribution in [2.45, 2.75) is 31.6 Å². The van der Waals surface area contributed by atoms with E-state index >= 15 is 0 Å². The lowest BCUT2D eigenvalue weighted by molar-refractivity contribution is 0.267. The maximum atomic E-state index is 9.30. The van der Waals surface area contributed by atoms with Gasteiger partial charge in [0.25, 0.3) is 0 Å². The van der Waals surface area contributed by atoms with Crippen LogP contribution in [0.1, 0.15) is 35.4 Å². The van der Waals surface area contributed by atoms with E-state index in [1.165, 1.54) is 36.0 Å². The summed E-state index contributed by atoms with van der Waals surface area (Å²) in [5.74, 6) is 0.123. The molecule has 2 nitrogen and oxygen atoms in total. The van der Waals surface area contributed by atoms with Crippen LogP contribution in [0.3, 0.4) is 0 Å². The smallest absolute Gasteiger partial charge is 0.0512 e. The molecule has 0 aromatic heterocycles. The second-order valence-corrected chi connectivity index (χ2v) is 4.31. The molecule has 0 radical (unpaired) electrons. The second kappa shape index (κ2) is 4.77. The summed E-state index contributed by atoms with van der Waals surface area (Å²) in [7, 11) is 0. The number of rotatable bonds is 3. The molecule has 1 aromatic carbocycles. The molecule has 1 unspecified atom stereocenters. The maximum Gasteiger partial charge on any atom is 0.0512 e. The van der Waals surface area contributed by atoms with Crippen LogP contribution >= 0.6 is 0 Å². The molecule has 3 N–H and O–H groups in total. The Kier molecular flexibility index (Phi) is 3.39. The number of aliphatic hydroxyl groups excluding tert-OH is 1. The van der Waals surface area contributed by atoms with Crippen molar-refractivity contribution in [3.8, 4) is 0 Å². The topological polar surface area (TPSA) is 46.2 Å². The molecule has 0 spiro atoms. The standard InChI is InChI=1S/C13H19NO/c14-8-11(9-15)13-7-3-5-10-4-1-2-6-12(10)13/h3,5,7,11,15H,1-2,4,6,8-9,14H2. The molecule has 1 aliphatic carbocycles. The van der Waals surface area contributed by atoms with Crippen LogP contribution in [0, 0.1) is 0 Å². The van der Waals surface area contributed by atoms with Gasteiger partial charge < -0.3 is 10.8 Å². The summed E-state index contributed by atoms with van der Waals surface area (Å²) in [4.78, 5) is 0. The highest BCUT2D eigenvalue weighted by Crippen LogP contribution is 2.28. The fourth-order valence-electron chi connectivity index (χ4n) is 2.49. The van der Waals surface area contributed by atoms with Crippen molar-refractivity contribution in [2.75, 3.05) is 13.2 Å². The number of aryl methyl sites for hydroxylation is 1. The number of fused-ring (bicyclic) bond motifs is 1. The summed E-state index contributed by atoms with van der Waals surface area (Å²) < 4.78 is 0. The molecule has 2 heteroatoms. The van der Waals surface area contributed by atoms with Crippen LogP contribution in [0.15, 0.2) is 18.2 Å². The van der Waals surface area contributed by atoms with Crippen LogP contribution in [0.2, 0.25) is 0 Å². The van der Waals surface area contributed by atoms with Gasteiger partial charge in [0.1, 0.15) is 0 Å². The Morgan fingerprint density at radius 3 is 2.80 bits per heavy atom. The van der Waals surface area contributed by atoms with Gasteiger partial charge in [-0.1, -0.05) is 18.2 Å². The first-order valence-corrected chi connectivity index (χ1v) is 5.78. The molecule has 0 saturated heterocycles. The van der Waals surface area contributed by atoms with E-state index in [9.17, 15) is 5.11 Å². The molecule has 1 aromatic rings. The predicted octanol–water partition coefficient (Wildman–Crippen LogP) is 1.60. The number of aliphatic hydroxyl groups is 1. The first kappa shape index (κ1) is 10.7. The molecular weight excluding hydrogens is 186 g/mol. The predicted molar refractivity (Wildman–Crippen MR) is 62.0 cm³/mol. The zero-order chi connectivity index (χ0) is 10.7. The molecule has 82 valence electrons. The van der Waals surface area contributed by atoms with Crippen molar-refractivity contribution in [2.24, 2.45) is 5.73 Å². The summed E-state index contributed by atoms with van der Waals surface area (Å²) >= 11 is 0. The zero-order valence-corrected chi connectivity index (χ0v) is 9.08. The molecule has 0 fully saturated rings. The number of hydrogen-bond acceptors (Lipinski definition) is 2. The van der Waals surface area contributed by atoms with Crippen LogP contribution in [0.25, 0.3) is 0 Å². The summed E-state index contributed by atoms with van der Waals surface area (Å²) in [6, 6.07) is 6.43. The molecule has 0 heterocycles. The second-order valence-electron chi connectivity index (χ2n) is 4.31. The Morgan fingerprint density at radius 1 is 1.27 bits per heavy atom. The molecule has 0 amide bonds. The van der Waals surface area contributed by atoms with Crippen LogP contribution in [0.5, 0.6) is 0 Å². The van der Waals surface area contributed by atoms with Crippen molar-refractivity contribution in [1.82, 2.24) is 0 Å². The minimum atomic E-state index is 0.123. The highest BCUT2D eigenvalue weighted by Gasteiger charge is 2.17. The van der Waals surface area contributed by atoms with E-state index in [2.05, 4.69) is 18.2 Å². The van der Waals surface area contributed by atoms with Gasteiger partial charge in [-0.2, -0.15) is 0 Å². The molecule has 0 bridgehead atoms. The third-order valence-corrected chi connectivity index (χ3v) is 3.38. The van der Waals surface area contributed by atoms with Crippen LogP contribution < -0.4 is 5.73 Å². The lowest BCUT2D eigenvalue weighted by Crippen LogP contribution is -2.19. The SMILES string of the molecule is NCC(CO)c1cccc2c1CCCC2. The average molecular weight is 205 g/mol. The fourth-order valence-corrected chi connectivity index (χ4v) is 2.49. The number of nitrogens with two attached hydrogens (primary N) is 1. The van der Waals surface area contributed by atoms with Crippen molar-refractivity contribution < 1.29 is 5.11 Å². The molecular formula is C13H19NO. The van der Waals surface area contributed by atoms with E-state index in [0.717, 1.165) is 6.42 Å². The Hall–Kier alpha value is -0.860. The summed E-state index contributed by atoms with van der Waals surface area (Å²) in [6.45, 7) is 0.694. The van der Waals surface area contributed by atoms with E-state index in [0.29, 0.717) is 6.54 Å². The van der Waals surface area contributed by atoms with Crippen molar-refractivity contribution in [1.29, 1.82) is 0 Å². The van der Waals surface area contributed by atoms with Gasteiger partial charge in [0.05, 0.1) is 6.61 Å². The van der Waals surface area contributed by atoms with Gasteiger partial charge in [0.15, 0.2) is 0 Å². The lowest BCUT2D eigenvalue weighted by atomic mass is 9.84. The Labute approximate surface area is 91.1 Å². The molecule has 15 heavy (non-hydrogen) atoms. The first-order chi connectivity index (χ1) is 7.36. The summed E-state index contributed by atoms with van der Waals surface area (Å²) in [5, 5.41) is 9.30. The maximum absolute atomic E-state index is 9.30. The highest BCUT2D eigenvalue weighted by atomic mass is 16.3. The quantitative estimate of drug-likeness (QED) is 0.787. The summed E-state index contributed by atoms with van der Waals surface area (Å²) in [6.07, 6.45) is 4.91. The van der Waals surface area contributed by atoms with E-state index in [1.807, 2.05) is 0 Å². The van der Waals surface area contributed by atoms with Crippen LogP contribution in [0.4, 0.5) is 0 Å². The number of benzene rings is 1. The fraction of sp³-hybridized carbons (Fsp3) is 0.538. The van der Waals surface area contributed by atoms with Crippen molar-refractivity contribution in [3.05, 3.63) is 34.9 Å². The molecule has 2 rings (SSSR count). The normalized spacial score (nSPS) is 17.2. The van der Waals surface area contributed by atoms with Crippen molar-refractivity contribution in [3.63, 3.8) is 0 Å². The van der Waals surface area contributed by atoms with E-state index in [-0.39, 0.29) is 12.5 Å². The largest absolute Gasteiger partial charge is 0.396 e. The Balaban J connectivity index is 2.38. The van der Waals surface area contributed by atoms with Gasteiger partial charge in [0, 0.05) is 12.5 Å². The van der Waals surface area contributed by atoms with E-state index in [1.54, 1.807) is 0 Å². The number of hydrogen-bond donors (Lipinski definition) is 2. The van der Waals surface area contributed by atoms with Gasteiger partial charge >= 0.3 is 0 Å². The summed E-state index contributed by atoms with van der Waals surface area (Å²) in [5.41, 5.74) is 9.88. The van der Waals surface area contributed by atoms with Crippen LogP contribution in [-0.2, 0) is 12.8 Å². The third-order valence-electron chi connectivity index (χ3n) is 3.38. The molecule has 1 atom stereocenters. The minimum Gasteiger partial charge on any atom is -0.396 e. The van der Waals surface area contributed by atoms with Gasteiger partial charge in [-0.15, -0.1) is 0 Å². The molecule has 1 aliphatic rings. The van der Waals surface area contributed by atoms with E-state index < -0.39 is 0 Å². The third kappa shape index (κ3) is 2.06. The lowest BCUT2D eigenvalue weighted by Gasteiger charge is -2.23. The van der Waals surface area contributed by atoms with Gasteiger partial charge in [-0.3, -0.25) is 0 Å². The van der Waals surface area contributed by atoms with Gasteiger partial charge in [0.2, 0.25) is 0 Å². The van der Waals surface area contributed by atoms with Crippen LogP contribution in [-0.4, -0.2) is 18.3 Å². The minimum absolute atomic E-state index is 0.123. The monoisotopic (exact) mass is 205 g/mol. The van der Waals surface area contributed by atoms with Gasteiger partial charge in [-0.25, -0.2) is 0 Å². The molecule has 0 aliphatic heterocycles. The Bertz CT molecular complexity index is 331. The van der Waals surface area contributed by atoms with Gasteiger partial charge in [-0.05, 0) is 42.4 Å². The highest BCUT2D eigenvalue weighted by molar-refractivity contribution is 5.39. The zero-order valence-electron chi connectivity index (χ0n) is 9.08. The first-order valence-electron chi connectivity index (χ1n) is 5.78. The molecule has 0 saturated carbocycles. The van der Waals surface area contributed by atoms with E-state index in [4.69, 9.17) is 5.73 Å². The Morgan fingerprint density at radius 2 is 2.07 bits per heavy atom.